The van der Waals surface area contributed by atoms with Gasteiger partial charge in [-0.25, -0.2) is 4.39 Å². The van der Waals surface area contributed by atoms with E-state index in [0.717, 1.165) is 24.9 Å². The number of benzene rings is 1. The number of amides is 1. The third-order valence-electron chi connectivity index (χ3n) is 3.63. The first-order valence-corrected chi connectivity index (χ1v) is 5.75. The van der Waals surface area contributed by atoms with E-state index in [1.165, 1.54) is 12.5 Å². The van der Waals surface area contributed by atoms with Gasteiger partial charge >= 0.3 is 0 Å². The summed E-state index contributed by atoms with van der Waals surface area (Å²) in [5.74, 6) is 1.27. The standard InChI is InChI=1S/C13H14FNO/c14-12-4-2-1-3-9(12)6-13(16)15-7-10-5-11(10)8-15/h1-4,10-11H,5-8H2. The maximum absolute atomic E-state index is 13.4. The summed E-state index contributed by atoms with van der Waals surface area (Å²) in [6.45, 7) is 1.77. The Bertz CT molecular complexity index is 422. The van der Waals surface area contributed by atoms with Crippen molar-refractivity contribution in [3.05, 3.63) is 35.6 Å². The number of hydrogen-bond acceptors (Lipinski definition) is 1. The zero-order chi connectivity index (χ0) is 11.1. The van der Waals surface area contributed by atoms with Crippen molar-refractivity contribution in [1.29, 1.82) is 0 Å². The Kier molecular flexibility index (Phi) is 2.20. The fourth-order valence-electron chi connectivity index (χ4n) is 2.52. The average Bonchev–Trinajstić information content (AvgIpc) is 2.89. The molecule has 1 aliphatic heterocycles. The molecule has 3 heteroatoms. The van der Waals surface area contributed by atoms with Gasteiger partial charge in [-0.15, -0.1) is 0 Å². The molecule has 0 bridgehead atoms. The maximum atomic E-state index is 13.4. The van der Waals surface area contributed by atoms with Crippen molar-refractivity contribution in [2.24, 2.45) is 11.8 Å². The van der Waals surface area contributed by atoms with Crippen LogP contribution in [-0.4, -0.2) is 23.9 Å². The van der Waals surface area contributed by atoms with Crippen LogP contribution in [0.5, 0.6) is 0 Å². The van der Waals surface area contributed by atoms with E-state index in [-0.39, 0.29) is 18.1 Å². The molecular weight excluding hydrogens is 205 g/mol. The summed E-state index contributed by atoms with van der Waals surface area (Å²) < 4.78 is 13.4. The number of nitrogens with zero attached hydrogens (tertiary/aromatic N) is 1. The highest BCUT2D eigenvalue weighted by Crippen LogP contribution is 2.44. The van der Waals surface area contributed by atoms with Crippen molar-refractivity contribution in [3.8, 4) is 0 Å². The zero-order valence-electron chi connectivity index (χ0n) is 9.03. The molecule has 2 unspecified atom stereocenters. The minimum absolute atomic E-state index is 0.0669. The Labute approximate surface area is 94.1 Å². The Morgan fingerprint density at radius 2 is 2.00 bits per heavy atom. The normalized spacial score (nSPS) is 26.7. The van der Waals surface area contributed by atoms with E-state index < -0.39 is 0 Å². The SMILES string of the molecule is O=C(Cc1ccccc1F)N1CC2CC2C1. The second-order valence-electron chi connectivity index (χ2n) is 4.82. The molecule has 2 nitrogen and oxygen atoms in total. The van der Waals surface area contributed by atoms with Gasteiger partial charge in [0.1, 0.15) is 5.82 Å². The van der Waals surface area contributed by atoms with E-state index in [9.17, 15) is 9.18 Å². The topological polar surface area (TPSA) is 20.3 Å². The molecule has 0 radical (unpaired) electrons. The number of hydrogen-bond donors (Lipinski definition) is 0. The highest BCUT2D eigenvalue weighted by molar-refractivity contribution is 5.79. The summed E-state index contributed by atoms with van der Waals surface area (Å²) in [6, 6.07) is 6.51. The largest absolute Gasteiger partial charge is 0.342 e. The van der Waals surface area contributed by atoms with Crippen LogP contribution in [0.2, 0.25) is 0 Å². The van der Waals surface area contributed by atoms with E-state index in [1.54, 1.807) is 18.2 Å². The van der Waals surface area contributed by atoms with E-state index in [2.05, 4.69) is 0 Å². The van der Waals surface area contributed by atoms with E-state index >= 15 is 0 Å². The third kappa shape index (κ3) is 1.70. The average molecular weight is 219 g/mol. The van der Waals surface area contributed by atoms with Gasteiger partial charge in [0.2, 0.25) is 5.91 Å². The lowest BCUT2D eigenvalue weighted by molar-refractivity contribution is -0.130. The molecule has 1 saturated carbocycles. The highest BCUT2D eigenvalue weighted by atomic mass is 19.1. The minimum atomic E-state index is -0.278. The summed E-state index contributed by atoms with van der Waals surface area (Å²) in [5.41, 5.74) is 0.507. The highest BCUT2D eigenvalue weighted by Gasteiger charge is 2.46. The summed E-state index contributed by atoms with van der Waals surface area (Å²) in [6.07, 6.45) is 1.48. The van der Waals surface area contributed by atoms with Crippen LogP contribution in [0.1, 0.15) is 12.0 Å². The molecule has 0 N–H and O–H groups in total. The molecule has 2 aliphatic rings. The van der Waals surface area contributed by atoms with Gasteiger partial charge in [-0.3, -0.25) is 4.79 Å². The van der Waals surface area contributed by atoms with Crippen LogP contribution in [0.3, 0.4) is 0 Å². The number of fused-ring (bicyclic) bond motifs is 1. The van der Waals surface area contributed by atoms with E-state index in [4.69, 9.17) is 0 Å². The first kappa shape index (κ1) is 9.82. The lowest BCUT2D eigenvalue weighted by Gasteiger charge is -2.17. The molecule has 1 saturated heterocycles. The monoisotopic (exact) mass is 219 g/mol. The summed E-state index contributed by atoms with van der Waals surface area (Å²) in [5, 5.41) is 0. The lowest BCUT2D eigenvalue weighted by Crippen LogP contribution is -2.31. The minimum Gasteiger partial charge on any atom is -0.342 e. The quantitative estimate of drug-likeness (QED) is 0.743. The number of likely N-dealkylation sites (tertiary alicyclic amines) is 1. The Balaban J connectivity index is 1.66. The van der Waals surface area contributed by atoms with Crippen molar-refractivity contribution < 1.29 is 9.18 Å². The van der Waals surface area contributed by atoms with Gasteiger partial charge in [0, 0.05) is 13.1 Å². The Morgan fingerprint density at radius 3 is 2.69 bits per heavy atom. The molecular formula is C13H14FNO. The summed E-state index contributed by atoms with van der Waals surface area (Å²) in [7, 11) is 0. The van der Waals surface area contributed by atoms with Crippen molar-refractivity contribution in [2.45, 2.75) is 12.8 Å². The van der Waals surface area contributed by atoms with E-state index in [0.29, 0.717) is 5.56 Å². The fourth-order valence-corrected chi connectivity index (χ4v) is 2.52. The molecule has 1 aromatic carbocycles. The number of carbonyl (C=O) groups is 1. The maximum Gasteiger partial charge on any atom is 0.227 e. The van der Waals surface area contributed by atoms with Gasteiger partial charge in [0.15, 0.2) is 0 Å². The van der Waals surface area contributed by atoms with Gasteiger partial charge in [-0.05, 0) is 29.9 Å². The molecule has 0 spiro atoms. The van der Waals surface area contributed by atoms with Crippen LogP contribution < -0.4 is 0 Å². The zero-order valence-corrected chi connectivity index (χ0v) is 9.03. The molecule has 16 heavy (non-hydrogen) atoms. The molecule has 84 valence electrons. The lowest BCUT2D eigenvalue weighted by atomic mass is 10.1. The summed E-state index contributed by atoms with van der Waals surface area (Å²) in [4.78, 5) is 13.8. The van der Waals surface area contributed by atoms with Gasteiger partial charge in [-0.2, -0.15) is 0 Å². The molecule has 1 aromatic rings. The molecule has 0 aromatic heterocycles. The first-order valence-electron chi connectivity index (χ1n) is 5.75. The van der Waals surface area contributed by atoms with Gasteiger partial charge in [0.25, 0.3) is 0 Å². The number of rotatable bonds is 2. The van der Waals surface area contributed by atoms with Crippen LogP contribution in [0.15, 0.2) is 24.3 Å². The van der Waals surface area contributed by atoms with Gasteiger partial charge in [0.05, 0.1) is 6.42 Å². The van der Waals surface area contributed by atoms with Gasteiger partial charge in [-0.1, -0.05) is 18.2 Å². The van der Waals surface area contributed by atoms with Gasteiger partial charge < -0.3 is 4.90 Å². The second-order valence-corrected chi connectivity index (χ2v) is 4.82. The van der Waals surface area contributed by atoms with Crippen molar-refractivity contribution in [1.82, 2.24) is 4.90 Å². The molecule has 2 fully saturated rings. The fraction of sp³-hybridized carbons (Fsp3) is 0.462. The van der Waals surface area contributed by atoms with Crippen LogP contribution in [0, 0.1) is 17.7 Å². The molecule has 2 atom stereocenters. The van der Waals surface area contributed by atoms with Crippen LogP contribution in [-0.2, 0) is 11.2 Å². The Hall–Kier alpha value is -1.38. The van der Waals surface area contributed by atoms with Crippen LogP contribution >= 0.6 is 0 Å². The number of piperidine rings is 1. The molecule has 1 amide bonds. The number of halogens is 1. The Morgan fingerprint density at radius 1 is 1.31 bits per heavy atom. The molecule has 3 rings (SSSR count). The second kappa shape index (κ2) is 3.58. The molecule has 1 aliphatic carbocycles. The van der Waals surface area contributed by atoms with Crippen LogP contribution in [0.25, 0.3) is 0 Å². The van der Waals surface area contributed by atoms with Crippen molar-refractivity contribution in [3.63, 3.8) is 0 Å². The van der Waals surface area contributed by atoms with Crippen molar-refractivity contribution >= 4 is 5.91 Å². The number of carbonyl (C=O) groups excluding carboxylic acids is 1. The smallest absolute Gasteiger partial charge is 0.227 e. The van der Waals surface area contributed by atoms with Crippen LogP contribution in [0.4, 0.5) is 4.39 Å². The first-order chi connectivity index (χ1) is 7.74. The summed E-state index contributed by atoms with van der Waals surface area (Å²) >= 11 is 0. The van der Waals surface area contributed by atoms with Crippen molar-refractivity contribution in [2.75, 3.05) is 13.1 Å². The molecule has 1 heterocycles. The predicted molar refractivity (Wildman–Crippen MR) is 58.3 cm³/mol. The third-order valence-corrected chi connectivity index (χ3v) is 3.63. The predicted octanol–water partition coefficient (Wildman–Crippen LogP) is 1.85. The van der Waals surface area contributed by atoms with E-state index in [1.807, 2.05) is 4.90 Å².